The fourth-order valence-electron chi connectivity index (χ4n) is 3.05. The van der Waals surface area contributed by atoms with E-state index in [1.54, 1.807) is 12.3 Å². The van der Waals surface area contributed by atoms with E-state index in [1.807, 2.05) is 30.3 Å². The minimum Gasteiger partial charge on any atom is -0.454 e. The molecule has 2 aromatic carbocycles. The molecule has 5 rings (SSSR count). The van der Waals surface area contributed by atoms with E-state index in [0.717, 1.165) is 27.2 Å². The first-order chi connectivity index (χ1) is 10.8. The van der Waals surface area contributed by atoms with Crippen LogP contribution >= 0.6 is 0 Å². The van der Waals surface area contributed by atoms with E-state index < -0.39 is 0 Å². The zero-order valence-electron chi connectivity index (χ0n) is 11.4. The number of hydrogen-bond donors (Lipinski definition) is 1. The van der Waals surface area contributed by atoms with Crippen LogP contribution in [-0.4, -0.2) is 16.8 Å². The van der Waals surface area contributed by atoms with Crippen LogP contribution in [0.4, 0.5) is 0 Å². The molecule has 22 heavy (non-hydrogen) atoms. The Morgan fingerprint density at radius 2 is 1.77 bits per heavy atom. The number of ether oxygens (including phenoxy) is 2. The Balaban J connectivity index is 2.04. The van der Waals surface area contributed by atoms with E-state index in [4.69, 9.17) is 9.47 Å². The predicted molar refractivity (Wildman–Crippen MR) is 83.5 cm³/mol. The summed E-state index contributed by atoms with van der Waals surface area (Å²) in [6, 6.07) is 11.4. The number of aromatic nitrogens is 2. The van der Waals surface area contributed by atoms with Crippen molar-refractivity contribution >= 4 is 32.6 Å². The van der Waals surface area contributed by atoms with Gasteiger partial charge < -0.3 is 14.5 Å². The quantitative estimate of drug-likeness (QED) is 0.506. The van der Waals surface area contributed by atoms with Gasteiger partial charge in [0, 0.05) is 22.4 Å². The third-order valence-electron chi connectivity index (χ3n) is 4.07. The van der Waals surface area contributed by atoms with Gasteiger partial charge in [-0.25, -0.2) is 0 Å². The van der Waals surface area contributed by atoms with E-state index in [2.05, 4.69) is 9.97 Å². The fraction of sp³-hybridized carbons (Fsp3) is 0.0588. The van der Waals surface area contributed by atoms with Crippen LogP contribution in [0.3, 0.4) is 0 Å². The molecule has 2 aromatic heterocycles. The van der Waals surface area contributed by atoms with E-state index in [1.165, 1.54) is 0 Å². The summed E-state index contributed by atoms with van der Waals surface area (Å²) in [4.78, 5) is 19.8. The molecular formula is C17H10N2O3. The van der Waals surface area contributed by atoms with Gasteiger partial charge in [-0.05, 0) is 30.3 Å². The zero-order valence-corrected chi connectivity index (χ0v) is 11.4. The lowest BCUT2D eigenvalue weighted by Crippen LogP contribution is -2.06. The Hall–Kier alpha value is -3.08. The van der Waals surface area contributed by atoms with E-state index in [9.17, 15) is 4.79 Å². The molecule has 3 heterocycles. The number of nitrogens with one attached hydrogen (secondary N) is 1. The molecule has 0 saturated heterocycles. The van der Waals surface area contributed by atoms with Crippen LogP contribution in [-0.2, 0) is 0 Å². The highest BCUT2D eigenvalue weighted by Gasteiger charge is 2.17. The molecule has 0 atom stereocenters. The van der Waals surface area contributed by atoms with Crippen LogP contribution in [0.15, 0.2) is 47.4 Å². The second-order valence-corrected chi connectivity index (χ2v) is 5.26. The Labute approximate surface area is 124 Å². The molecule has 0 bridgehead atoms. The van der Waals surface area contributed by atoms with Gasteiger partial charge in [-0.3, -0.25) is 9.78 Å². The maximum atomic E-state index is 12.5. The van der Waals surface area contributed by atoms with Crippen molar-refractivity contribution in [3.8, 4) is 11.5 Å². The standard InChI is InChI=1S/C17H10N2O3/c20-17-12-7-15-14(21-8-22-15)6-11(12)9-3-4-13-10(16(9)19-17)2-1-5-18-13/h1-7H,8H2,(H,19,20). The van der Waals surface area contributed by atoms with Gasteiger partial charge in [0.1, 0.15) is 0 Å². The summed E-state index contributed by atoms with van der Waals surface area (Å²) in [5.74, 6) is 1.28. The van der Waals surface area contributed by atoms with Gasteiger partial charge >= 0.3 is 0 Å². The summed E-state index contributed by atoms with van der Waals surface area (Å²) >= 11 is 0. The molecule has 0 radical (unpaired) electrons. The second-order valence-electron chi connectivity index (χ2n) is 5.26. The average Bonchev–Trinajstić information content (AvgIpc) is 3.01. The molecule has 0 saturated carbocycles. The van der Waals surface area contributed by atoms with Gasteiger partial charge in [-0.2, -0.15) is 0 Å². The van der Waals surface area contributed by atoms with Crippen LogP contribution in [0.2, 0.25) is 0 Å². The number of benzene rings is 2. The monoisotopic (exact) mass is 290 g/mol. The van der Waals surface area contributed by atoms with Crippen molar-refractivity contribution in [2.45, 2.75) is 0 Å². The van der Waals surface area contributed by atoms with Gasteiger partial charge in [0.25, 0.3) is 5.56 Å². The van der Waals surface area contributed by atoms with Crippen molar-refractivity contribution < 1.29 is 9.47 Å². The highest BCUT2D eigenvalue weighted by atomic mass is 16.7. The molecule has 1 aliphatic rings. The number of H-pyrrole nitrogens is 1. The van der Waals surface area contributed by atoms with Gasteiger partial charge in [0.15, 0.2) is 11.5 Å². The first kappa shape index (κ1) is 11.6. The number of aromatic amines is 1. The summed E-state index contributed by atoms with van der Waals surface area (Å²) in [6.07, 6.45) is 1.74. The van der Waals surface area contributed by atoms with E-state index in [0.29, 0.717) is 16.9 Å². The molecule has 5 heteroatoms. The fourth-order valence-corrected chi connectivity index (χ4v) is 3.05. The Morgan fingerprint density at radius 3 is 2.64 bits per heavy atom. The molecule has 5 nitrogen and oxygen atoms in total. The zero-order chi connectivity index (χ0) is 14.7. The van der Waals surface area contributed by atoms with E-state index >= 15 is 0 Å². The molecule has 0 fully saturated rings. The van der Waals surface area contributed by atoms with Crippen molar-refractivity contribution in [3.63, 3.8) is 0 Å². The Kier molecular flexibility index (Phi) is 2.09. The topological polar surface area (TPSA) is 64.2 Å². The van der Waals surface area contributed by atoms with Crippen molar-refractivity contribution in [1.82, 2.24) is 9.97 Å². The van der Waals surface area contributed by atoms with Crippen LogP contribution < -0.4 is 15.0 Å². The van der Waals surface area contributed by atoms with Crippen LogP contribution in [0, 0.1) is 0 Å². The predicted octanol–water partition coefficient (Wildman–Crippen LogP) is 2.96. The first-order valence-corrected chi connectivity index (χ1v) is 6.94. The van der Waals surface area contributed by atoms with E-state index in [-0.39, 0.29) is 12.4 Å². The molecule has 1 aliphatic heterocycles. The third-order valence-corrected chi connectivity index (χ3v) is 4.07. The Bertz CT molecular complexity index is 1130. The molecule has 1 N–H and O–H groups in total. The summed E-state index contributed by atoms with van der Waals surface area (Å²) in [6.45, 7) is 0.189. The average molecular weight is 290 g/mol. The van der Waals surface area contributed by atoms with Gasteiger partial charge in [-0.15, -0.1) is 0 Å². The summed E-state index contributed by atoms with van der Waals surface area (Å²) in [5.41, 5.74) is 1.50. The van der Waals surface area contributed by atoms with Gasteiger partial charge in [0.2, 0.25) is 6.79 Å². The van der Waals surface area contributed by atoms with Crippen molar-refractivity contribution in [2.75, 3.05) is 6.79 Å². The first-order valence-electron chi connectivity index (χ1n) is 6.94. The Morgan fingerprint density at radius 1 is 0.955 bits per heavy atom. The minimum absolute atomic E-state index is 0.142. The molecular weight excluding hydrogens is 280 g/mol. The molecule has 4 aromatic rings. The maximum absolute atomic E-state index is 12.5. The SMILES string of the molecule is O=c1[nH]c2c3cccnc3ccc2c2cc3c(cc12)OCO3. The molecule has 0 unspecified atom stereocenters. The maximum Gasteiger partial charge on any atom is 0.256 e. The highest BCUT2D eigenvalue weighted by molar-refractivity contribution is 6.14. The van der Waals surface area contributed by atoms with Gasteiger partial charge in [-0.1, -0.05) is 6.07 Å². The molecule has 0 aliphatic carbocycles. The number of pyridine rings is 2. The lowest BCUT2D eigenvalue weighted by molar-refractivity contribution is 0.174. The highest BCUT2D eigenvalue weighted by Crippen LogP contribution is 2.37. The molecule has 0 amide bonds. The minimum atomic E-state index is -0.142. The molecule has 0 spiro atoms. The molecule has 106 valence electrons. The van der Waals surface area contributed by atoms with Crippen LogP contribution in [0.1, 0.15) is 0 Å². The summed E-state index contributed by atoms with van der Waals surface area (Å²) < 4.78 is 10.8. The number of hydrogen-bond acceptors (Lipinski definition) is 4. The number of fused-ring (bicyclic) bond motifs is 6. The van der Waals surface area contributed by atoms with Crippen molar-refractivity contribution in [2.24, 2.45) is 0 Å². The number of rotatable bonds is 0. The van der Waals surface area contributed by atoms with Gasteiger partial charge in [0.05, 0.1) is 16.4 Å². The second kappa shape index (κ2) is 3.98. The summed E-state index contributed by atoms with van der Waals surface area (Å²) in [7, 11) is 0. The largest absolute Gasteiger partial charge is 0.454 e. The summed E-state index contributed by atoms with van der Waals surface area (Å²) in [5, 5.41) is 3.35. The smallest absolute Gasteiger partial charge is 0.256 e. The lowest BCUT2D eigenvalue weighted by Gasteiger charge is -2.07. The number of nitrogens with zero attached hydrogens (tertiary/aromatic N) is 1. The van der Waals surface area contributed by atoms with Crippen molar-refractivity contribution in [3.05, 3.63) is 52.9 Å². The third kappa shape index (κ3) is 1.42. The van der Waals surface area contributed by atoms with Crippen LogP contribution in [0.25, 0.3) is 32.6 Å². The van der Waals surface area contributed by atoms with Crippen LogP contribution in [0.5, 0.6) is 11.5 Å². The lowest BCUT2D eigenvalue weighted by atomic mass is 10.0. The van der Waals surface area contributed by atoms with Crippen molar-refractivity contribution in [1.29, 1.82) is 0 Å². The normalized spacial score (nSPS) is 13.3.